The number of halogens is 1. The summed E-state index contributed by atoms with van der Waals surface area (Å²) in [6.45, 7) is 2.33. The molecule has 2 aromatic carbocycles. The highest BCUT2D eigenvalue weighted by Gasteiger charge is 2.18. The number of pyridine rings is 1. The highest BCUT2D eigenvalue weighted by Crippen LogP contribution is 2.20. The number of nitrogens with two attached hydrogens (primary N) is 1. The summed E-state index contributed by atoms with van der Waals surface area (Å²) in [6, 6.07) is 16.3. The molecule has 0 aliphatic rings. The minimum absolute atomic E-state index is 0.0735. The topological polar surface area (TPSA) is 116 Å². The van der Waals surface area contributed by atoms with Crippen molar-refractivity contribution >= 4 is 44.5 Å². The number of anilines is 1. The van der Waals surface area contributed by atoms with Crippen LogP contribution in [-0.2, 0) is 6.54 Å². The average molecular weight is 465 g/mol. The number of primary amides is 1. The van der Waals surface area contributed by atoms with Crippen molar-refractivity contribution in [3.05, 3.63) is 81.6 Å². The molecule has 2 aromatic heterocycles. The van der Waals surface area contributed by atoms with Crippen molar-refractivity contribution in [3.8, 4) is 0 Å². The van der Waals surface area contributed by atoms with Crippen LogP contribution in [-0.4, -0.2) is 31.8 Å². The lowest BCUT2D eigenvalue weighted by Crippen LogP contribution is -2.18. The third-order valence-electron chi connectivity index (χ3n) is 4.67. The summed E-state index contributed by atoms with van der Waals surface area (Å²) in [5.74, 6) is -0.797. The van der Waals surface area contributed by atoms with Crippen LogP contribution in [0, 0.1) is 6.92 Å². The van der Waals surface area contributed by atoms with Crippen LogP contribution in [0.25, 0.3) is 10.9 Å². The van der Waals surface area contributed by atoms with Crippen molar-refractivity contribution < 1.29 is 9.59 Å². The van der Waals surface area contributed by atoms with E-state index in [4.69, 9.17) is 5.73 Å². The second-order valence-corrected chi connectivity index (χ2v) is 7.61. The minimum Gasteiger partial charge on any atom is -0.366 e. The summed E-state index contributed by atoms with van der Waals surface area (Å²) in [5.41, 5.74) is 8.05. The molecule has 4 aromatic rings. The van der Waals surface area contributed by atoms with Crippen LogP contribution in [0.2, 0.25) is 0 Å². The molecule has 0 atom stereocenters. The van der Waals surface area contributed by atoms with Gasteiger partial charge in [-0.25, -0.2) is 9.67 Å². The van der Waals surface area contributed by atoms with Gasteiger partial charge in [-0.15, -0.1) is 5.10 Å². The van der Waals surface area contributed by atoms with Gasteiger partial charge < -0.3 is 11.1 Å². The van der Waals surface area contributed by atoms with Gasteiger partial charge in [-0.2, -0.15) is 0 Å². The normalized spacial score (nSPS) is 10.9. The molecule has 0 saturated heterocycles. The van der Waals surface area contributed by atoms with E-state index in [0.29, 0.717) is 29.0 Å². The van der Waals surface area contributed by atoms with Crippen molar-refractivity contribution in [3.63, 3.8) is 0 Å². The Morgan fingerprint density at radius 1 is 1.13 bits per heavy atom. The highest BCUT2D eigenvalue weighted by molar-refractivity contribution is 9.10. The quantitative estimate of drug-likeness (QED) is 0.469. The molecule has 8 nitrogen and oxygen atoms in total. The summed E-state index contributed by atoms with van der Waals surface area (Å²) in [4.78, 5) is 29.0. The lowest BCUT2D eigenvalue weighted by Gasteiger charge is -2.08. The Kier molecular flexibility index (Phi) is 5.28. The van der Waals surface area contributed by atoms with E-state index in [9.17, 15) is 9.59 Å². The Hall–Kier alpha value is -3.59. The molecular formula is C21H17BrN6O2. The number of fused-ring (bicyclic) bond motifs is 1. The standard InChI is InChI=1S/C21H17BrN6O2/c1-12-20(26-27-28(12)11-13-6-8-14(22)9-7-13)25-21(30)18-10-16(19(23)29)15-4-2-3-5-17(15)24-18/h2-10H,11H2,1H3,(H2,23,29)(H,25,30). The van der Waals surface area contributed by atoms with Crippen molar-refractivity contribution in [1.82, 2.24) is 20.0 Å². The third kappa shape index (κ3) is 3.92. The van der Waals surface area contributed by atoms with Gasteiger partial charge in [0.25, 0.3) is 5.91 Å². The first-order valence-corrected chi connectivity index (χ1v) is 9.87. The number of hydrogen-bond acceptors (Lipinski definition) is 5. The number of nitrogens with zero attached hydrogens (tertiary/aromatic N) is 4. The van der Waals surface area contributed by atoms with Gasteiger partial charge in [-0.1, -0.05) is 51.5 Å². The molecule has 0 radical (unpaired) electrons. The van der Waals surface area contributed by atoms with Crippen LogP contribution in [0.3, 0.4) is 0 Å². The van der Waals surface area contributed by atoms with Crippen molar-refractivity contribution in [1.29, 1.82) is 0 Å². The zero-order valence-electron chi connectivity index (χ0n) is 16.0. The second-order valence-electron chi connectivity index (χ2n) is 6.70. The number of benzene rings is 2. The van der Waals surface area contributed by atoms with Crippen molar-refractivity contribution in [2.45, 2.75) is 13.5 Å². The first-order valence-electron chi connectivity index (χ1n) is 9.08. The summed E-state index contributed by atoms with van der Waals surface area (Å²) in [5, 5.41) is 11.5. The van der Waals surface area contributed by atoms with Gasteiger partial charge in [0, 0.05) is 9.86 Å². The molecule has 150 valence electrons. The molecule has 0 saturated carbocycles. The number of aromatic nitrogens is 4. The summed E-state index contributed by atoms with van der Waals surface area (Å²) >= 11 is 3.41. The second kappa shape index (κ2) is 8.03. The van der Waals surface area contributed by atoms with E-state index in [1.165, 1.54) is 6.07 Å². The first kappa shape index (κ1) is 19.7. The molecule has 2 amide bonds. The predicted octanol–water partition coefficient (Wildman–Crippen LogP) is 3.30. The lowest BCUT2D eigenvalue weighted by atomic mass is 10.1. The van der Waals surface area contributed by atoms with E-state index in [1.807, 2.05) is 31.2 Å². The monoisotopic (exact) mass is 464 g/mol. The molecule has 0 fully saturated rings. The summed E-state index contributed by atoms with van der Waals surface area (Å²) in [7, 11) is 0. The number of hydrogen-bond donors (Lipinski definition) is 2. The van der Waals surface area contributed by atoms with E-state index in [1.54, 1.807) is 28.9 Å². The van der Waals surface area contributed by atoms with Gasteiger partial charge in [0.15, 0.2) is 5.82 Å². The Labute approximate surface area is 180 Å². The molecule has 30 heavy (non-hydrogen) atoms. The van der Waals surface area contributed by atoms with Gasteiger partial charge in [0.1, 0.15) is 5.69 Å². The third-order valence-corrected chi connectivity index (χ3v) is 5.20. The zero-order chi connectivity index (χ0) is 21.3. The average Bonchev–Trinajstić information content (AvgIpc) is 3.08. The van der Waals surface area contributed by atoms with Crippen LogP contribution in [0.5, 0.6) is 0 Å². The maximum absolute atomic E-state index is 12.8. The van der Waals surface area contributed by atoms with Gasteiger partial charge in [0.05, 0.1) is 23.3 Å². The van der Waals surface area contributed by atoms with E-state index in [2.05, 4.69) is 36.5 Å². The fourth-order valence-electron chi connectivity index (χ4n) is 3.06. The maximum Gasteiger partial charge on any atom is 0.275 e. The molecule has 2 heterocycles. The Morgan fingerprint density at radius 3 is 2.60 bits per heavy atom. The Balaban J connectivity index is 1.59. The molecule has 0 aliphatic carbocycles. The van der Waals surface area contributed by atoms with E-state index >= 15 is 0 Å². The van der Waals surface area contributed by atoms with E-state index in [0.717, 1.165) is 10.0 Å². The molecular weight excluding hydrogens is 448 g/mol. The molecule has 0 unspecified atom stereocenters. The van der Waals surface area contributed by atoms with E-state index < -0.39 is 11.8 Å². The van der Waals surface area contributed by atoms with Gasteiger partial charge in [0.2, 0.25) is 5.91 Å². The fourth-order valence-corrected chi connectivity index (χ4v) is 3.32. The van der Waals surface area contributed by atoms with Crippen LogP contribution < -0.4 is 11.1 Å². The maximum atomic E-state index is 12.8. The number of amides is 2. The molecule has 0 aliphatic heterocycles. The number of para-hydroxylation sites is 1. The minimum atomic E-state index is -0.626. The Morgan fingerprint density at radius 2 is 1.87 bits per heavy atom. The predicted molar refractivity (Wildman–Crippen MR) is 116 cm³/mol. The molecule has 3 N–H and O–H groups in total. The van der Waals surface area contributed by atoms with Crippen LogP contribution in [0.15, 0.2) is 59.1 Å². The SMILES string of the molecule is Cc1c(NC(=O)c2cc(C(N)=O)c3ccccc3n2)nnn1Cc1ccc(Br)cc1. The number of carbonyl (C=O) groups excluding carboxylic acids is 2. The highest BCUT2D eigenvalue weighted by atomic mass is 79.9. The molecule has 4 rings (SSSR count). The summed E-state index contributed by atoms with van der Waals surface area (Å²) < 4.78 is 2.69. The van der Waals surface area contributed by atoms with Crippen molar-refractivity contribution in [2.75, 3.05) is 5.32 Å². The van der Waals surface area contributed by atoms with E-state index in [-0.39, 0.29) is 11.3 Å². The van der Waals surface area contributed by atoms with Crippen molar-refractivity contribution in [2.24, 2.45) is 5.73 Å². The van der Waals surface area contributed by atoms with Gasteiger partial charge >= 0.3 is 0 Å². The summed E-state index contributed by atoms with van der Waals surface area (Å²) in [6.07, 6.45) is 0. The molecule has 9 heteroatoms. The van der Waals surface area contributed by atoms with Crippen LogP contribution in [0.4, 0.5) is 5.82 Å². The van der Waals surface area contributed by atoms with Crippen LogP contribution in [0.1, 0.15) is 32.1 Å². The fraction of sp³-hybridized carbons (Fsp3) is 0.0952. The molecule has 0 spiro atoms. The zero-order valence-corrected chi connectivity index (χ0v) is 17.5. The Bertz CT molecular complexity index is 1270. The number of rotatable bonds is 5. The van der Waals surface area contributed by atoms with Crippen LogP contribution >= 0.6 is 15.9 Å². The number of nitrogens with one attached hydrogen (secondary N) is 1. The molecule has 0 bridgehead atoms. The lowest BCUT2D eigenvalue weighted by molar-refractivity contribution is 0.100. The van der Waals surface area contributed by atoms with Gasteiger partial charge in [-0.3, -0.25) is 9.59 Å². The number of carbonyl (C=O) groups is 2. The first-order chi connectivity index (χ1) is 14.4. The van der Waals surface area contributed by atoms with Gasteiger partial charge in [-0.05, 0) is 36.8 Å². The smallest absolute Gasteiger partial charge is 0.275 e. The largest absolute Gasteiger partial charge is 0.366 e.